The zero-order valence-electron chi connectivity index (χ0n) is 19.8. The highest BCUT2D eigenvalue weighted by Crippen LogP contribution is 2.52. The van der Waals surface area contributed by atoms with Crippen molar-refractivity contribution in [3.63, 3.8) is 0 Å². The SMILES string of the molecule is C[SiH2]O[Si](C)(O[Si](C)(C)C)C(C)(C)OC(=O)C=CC(=O)OC(F)(F)C(F)(F)C(F)(F)C(C)(F)F. The van der Waals surface area contributed by atoms with E-state index in [1.807, 2.05) is 19.6 Å². The van der Waals surface area contributed by atoms with Gasteiger partial charge in [0.1, 0.15) is 15.0 Å². The normalized spacial score (nSPS) is 16.7. The Balaban J connectivity index is 5.55. The number of carbonyl (C=O) groups is 2. The topological polar surface area (TPSA) is 71.1 Å². The third kappa shape index (κ3) is 7.59. The Labute approximate surface area is 196 Å². The fraction of sp³-hybridized carbons (Fsp3) is 0.765. The van der Waals surface area contributed by atoms with E-state index >= 15 is 0 Å². The van der Waals surface area contributed by atoms with Crippen LogP contribution in [0.1, 0.15) is 20.8 Å². The van der Waals surface area contributed by atoms with E-state index in [1.54, 1.807) is 13.1 Å². The maximum Gasteiger partial charge on any atom is 0.473 e. The highest BCUT2D eigenvalue weighted by atomic mass is 28.5. The Hall–Kier alpha value is -1.31. The van der Waals surface area contributed by atoms with E-state index in [0.29, 0.717) is 0 Å². The summed E-state index contributed by atoms with van der Waals surface area (Å²) < 4.78 is 126. The Bertz CT molecular complexity index is 780. The van der Waals surface area contributed by atoms with E-state index in [0.717, 1.165) is 0 Å². The molecule has 0 aliphatic rings. The van der Waals surface area contributed by atoms with Crippen molar-refractivity contribution in [3.05, 3.63) is 12.2 Å². The monoisotopic (exact) mass is 564 g/mol. The molecule has 1 atom stereocenters. The molecule has 0 saturated carbocycles. The maximum absolute atomic E-state index is 13.5. The highest BCUT2D eigenvalue weighted by Gasteiger charge is 2.81. The first-order valence-electron chi connectivity index (χ1n) is 9.76. The number of esters is 2. The molecule has 0 N–H and O–H groups in total. The summed E-state index contributed by atoms with van der Waals surface area (Å²) in [6.45, 7) is 11.2. The van der Waals surface area contributed by atoms with Crippen LogP contribution in [0.3, 0.4) is 0 Å². The maximum atomic E-state index is 13.5. The average Bonchev–Trinajstić information content (AvgIpc) is 2.56. The van der Waals surface area contributed by atoms with Crippen LogP contribution in [-0.2, 0) is 27.3 Å². The molecular weight excluding hydrogens is 536 g/mol. The van der Waals surface area contributed by atoms with E-state index in [4.69, 9.17) is 13.0 Å². The van der Waals surface area contributed by atoms with Crippen LogP contribution in [0.15, 0.2) is 12.2 Å². The van der Waals surface area contributed by atoms with E-state index in [2.05, 4.69) is 4.74 Å². The molecule has 0 aromatic carbocycles. The predicted octanol–water partition coefficient (Wildman–Crippen LogP) is 4.54. The van der Waals surface area contributed by atoms with Crippen molar-refractivity contribution in [2.24, 2.45) is 0 Å². The molecule has 0 aromatic rings. The molecule has 0 aliphatic heterocycles. The molecule has 0 aliphatic carbocycles. The largest absolute Gasteiger partial charge is 0.473 e. The van der Waals surface area contributed by atoms with Crippen molar-refractivity contribution >= 4 is 38.6 Å². The van der Waals surface area contributed by atoms with Crippen LogP contribution in [0, 0.1) is 0 Å². The standard InChI is InChI=1S/C17H28F8O6Si3/c1-13(2,34(8,30-32-4)31-33(5,6)7)28-11(26)9-10-12(27)29-17(24,25)16(22,23)15(20,21)14(3,18)19/h9-10H,32H2,1-8H3. The van der Waals surface area contributed by atoms with E-state index in [1.165, 1.54) is 13.8 Å². The molecule has 0 amide bonds. The summed E-state index contributed by atoms with van der Waals surface area (Å²) in [6, 6.07) is 0. The van der Waals surface area contributed by atoms with Gasteiger partial charge in [0.15, 0.2) is 8.32 Å². The van der Waals surface area contributed by atoms with Gasteiger partial charge in [-0.15, -0.1) is 0 Å². The summed E-state index contributed by atoms with van der Waals surface area (Å²) in [4.78, 5) is 23.5. The molecule has 0 saturated heterocycles. The number of halogens is 8. The Kier molecular flexibility index (Phi) is 9.96. The molecule has 0 rings (SSSR count). The van der Waals surface area contributed by atoms with E-state index < -0.39 is 74.6 Å². The zero-order valence-corrected chi connectivity index (χ0v) is 23.2. The smallest absolute Gasteiger partial charge is 0.455 e. The number of rotatable bonds is 12. The van der Waals surface area contributed by atoms with Gasteiger partial charge in [0.25, 0.3) is 0 Å². The Morgan fingerprint density at radius 2 is 1.18 bits per heavy atom. The van der Waals surface area contributed by atoms with Gasteiger partial charge in [-0.2, -0.15) is 35.1 Å². The van der Waals surface area contributed by atoms with E-state index in [-0.39, 0.29) is 12.2 Å². The molecule has 1 unspecified atom stereocenters. The van der Waals surface area contributed by atoms with Gasteiger partial charge in [-0.3, -0.25) is 0 Å². The van der Waals surface area contributed by atoms with Crippen LogP contribution < -0.4 is 0 Å². The van der Waals surface area contributed by atoms with Crippen molar-refractivity contribution in [1.29, 1.82) is 0 Å². The summed E-state index contributed by atoms with van der Waals surface area (Å²) >= 11 is 0. The number of alkyl halides is 8. The van der Waals surface area contributed by atoms with E-state index in [9.17, 15) is 44.7 Å². The van der Waals surface area contributed by atoms with Crippen molar-refractivity contribution < 1.29 is 62.4 Å². The van der Waals surface area contributed by atoms with Crippen LogP contribution in [0.5, 0.6) is 0 Å². The zero-order chi connectivity index (χ0) is 27.6. The molecule has 0 spiro atoms. The number of hydrogen-bond donors (Lipinski definition) is 0. The van der Waals surface area contributed by atoms with Crippen LogP contribution in [0.2, 0.25) is 32.7 Å². The minimum Gasteiger partial charge on any atom is -0.455 e. The quantitative estimate of drug-likeness (QED) is 0.150. The molecule has 0 bridgehead atoms. The average molecular weight is 565 g/mol. The Morgan fingerprint density at radius 1 is 0.765 bits per heavy atom. The van der Waals surface area contributed by atoms with Gasteiger partial charge < -0.3 is 17.7 Å². The van der Waals surface area contributed by atoms with Crippen LogP contribution in [0.4, 0.5) is 35.1 Å². The fourth-order valence-electron chi connectivity index (χ4n) is 2.38. The lowest BCUT2D eigenvalue weighted by atomic mass is 10.1. The van der Waals surface area contributed by atoms with Gasteiger partial charge >= 0.3 is 44.4 Å². The minimum atomic E-state index is -6.77. The number of ether oxygens (including phenoxy) is 2. The predicted molar refractivity (Wildman–Crippen MR) is 112 cm³/mol. The van der Waals surface area contributed by atoms with Gasteiger partial charge in [0.2, 0.25) is 0 Å². The van der Waals surface area contributed by atoms with Crippen LogP contribution >= 0.6 is 0 Å². The van der Waals surface area contributed by atoms with Crippen molar-refractivity contribution in [2.45, 2.75) is 82.6 Å². The first kappa shape index (κ1) is 32.7. The summed E-state index contributed by atoms with van der Waals surface area (Å²) in [6.07, 6.45) is -6.22. The van der Waals surface area contributed by atoms with Crippen molar-refractivity contribution in [2.75, 3.05) is 0 Å². The van der Waals surface area contributed by atoms with Crippen LogP contribution in [0.25, 0.3) is 0 Å². The molecule has 0 aromatic heterocycles. The molecule has 0 radical (unpaired) electrons. The van der Waals surface area contributed by atoms with Crippen molar-refractivity contribution in [1.82, 2.24) is 0 Å². The summed E-state index contributed by atoms with van der Waals surface area (Å²) in [7, 11) is -6.42. The second kappa shape index (κ2) is 10.4. The van der Waals surface area contributed by atoms with Gasteiger partial charge in [0, 0.05) is 19.1 Å². The van der Waals surface area contributed by atoms with Gasteiger partial charge in [0.05, 0.1) is 0 Å². The molecule has 200 valence electrons. The molecule has 34 heavy (non-hydrogen) atoms. The molecule has 0 fully saturated rings. The van der Waals surface area contributed by atoms with Gasteiger partial charge in [-0.05, 0) is 40.0 Å². The van der Waals surface area contributed by atoms with Crippen molar-refractivity contribution in [3.8, 4) is 0 Å². The molecular formula is C17H28F8O6Si3. The number of carbonyl (C=O) groups excluding carboxylic acids is 2. The lowest BCUT2D eigenvalue weighted by Gasteiger charge is -2.43. The fourth-order valence-corrected chi connectivity index (χ4v) is 12.7. The third-order valence-corrected chi connectivity index (χ3v) is 13.9. The summed E-state index contributed by atoms with van der Waals surface area (Å²) in [5.41, 5.74) is 0. The Morgan fingerprint density at radius 3 is 1.53 bits per heavy atom. The lowest BCUT2D eigenvalue weighted by Crippen LogP contribution is -2.63. The van der Waals surface area contributed by atoms with Gasteiger partial charge in [-0.25, -0.2) is 9.59 Å². The molecule has 6 nitrogen and oxygen atoms in total. The second-order valence-electron chi connectivity index (χ2n) is 8.83. The first-order chi connectivity index (χ1) is 14.8. The summed E-state index contributed by atoms with van der Waals surface area (Å²) in [5, 5.41) is -1.37. The first-order valence-corrected chi connectivity index (χ1v) is 17.5. The lowest BCUT2D eigenvalue weighted by molar-refractivity contribution is -0.413. The summed E-state index contributed by atoms with van der Waals surface area (Å²) in [5.74, 6) is -22.6. The van der Waals surface area contributed by atoms with Crippen LogP contribution in [-0.4, -0.2) is 67.7 Å². The van der Waals surface area contributed by atoms with Gasteiger partial charge in [-0.1, -0.05) is 6.55 Å². The molecule has 17 heteroatoms. The second-order valence-corrected chi connectivity index (χ2v) is 18.7. The number of hydrogen-bond acceptors (Lipinski definition) is 6. The minimum absolute atomic E-state index is 0.0989. The highest BCUT2D eigenvalue weighted by molar-refractivity contribution is 6.84. The molecule has 0 heterocycles. The third-order valence-electron chi connectivity index (χ3n) is 4.27.